The molecule has 2 aliphatic rings. The maximum Gasteiger partial charge on any atom is 0.250 e. The summed E-state index contributed by atoms with van der Waals surface area (Å²) in [6, 6.07) is 12.9. The molecule has 4 rings (SSSR count). The SMILES string of the molecule is COc1ccc2c(c1)C=C(C(=O)N1CCCC(C(=O)Nc3ccc(Cl)cc3)C1)C2. The number of anilines is 1. The number of carbonyl (C=O) groups excluding carboxylic acids is 2. The maximum atomic E-state index is 13.1. The van der Waals surface area contributed by atoms with Gasteiger partial charge in [0, 0.05) is 35.8 Å². The molecule has 0 spiro atoms. The van der Waals surface area contributed by atoms with Gasteiger partial charge in [0.1, 0.15) is 5.75 Å². The van der Waals surface area contributed by atoms with Gasteiger partial charge in [-0.05, 0) is 66.4 Å². The van der Waals surface area contributed by atoms with Gasteiger partial charge in [0.25, 0.3) is 0 Å². The van der Waals surface area contributed by atoms with Crippen molar-refractivity contribution in [3.8, 4) is 5.75 Å². The first-order valence-corrected chi connectivity index (χ1v) is 10.1. The molecule has 2 aromatic carbocycles. The van der Waals surface area contributed by atoms with Crippen LogP contribution in [0.15, 0.2) is 48.0 Å². The molecule has 6 heteroatoms. The lowest BCUT2D eigenvalue weighted by atomic mass is 9.96. The molecule has 0 bridgehead atoms. The third-order valence-electron chi connectivity index (χ3n) is 5.53. The Labute approximate surface area is 175 Å². The summed E-state index contributed by atoms with van der Waals surface area (Å²) in [5.74, 6) is 0.529. The van der Waals surface area contributed by atoms with Crippen molar-refractivity contribution in [1.29, 1.82) is 0 Å². The van der Waals surface area contributed by atoms with Crippen LogP contribution in [-0.2, 0) is 16.0 Å². The van der Waals surface area contributed by atoms with Gasteiger partial charge in [0.05, 0.1) is 13.0 Å². The third kappa shape index (κ3) is 4.30. The summed E-state index contributed by atoms with van der Waals surface area (Å²) >= 11 is 5.89. The molecule has 1 saturated heterocycles. The number of benzene rings is 2. The van der Waals surface area contributed by atoms with Crippen molar-refractivity contribution in [2.24, 2.45) is 5.92 Å². The molecule has 1 atom stereocenters. The summed E-state index contributed by atoms with van der Waals surface area (Å²) in [7, 11) is 1.63. The van der Waals surface area contributed by atoms with Crippen LogP contribution < -0.4 is 10.1 Å². The maximum absolute atomic E-state index is 13.1. The molecule has 0 aromatic heterocycles. The van der Waals surface area contributed by atoms with E-state index in [-0.39, 0.29) is 17.7 Å². The number of likely N-dealkylation sites (tertiary alicyclic amines) is 1. The van der Waals surface area contributed by atoms with E-state index in [1.165, 1.54) is 0 Å². The van der Waals surface area contributed by atoms with Gasteiger partial charge in [-0.2, -0.15) is 0 Å². The fourth-order valence-electron chi connectivity index (χ4n) is 3.93. The van der Waals surface area contributed by atoms with E-state index in [0.717, 1.165) is 35.3 Å². The highest BCUT2D eigenvalue weighted by Crippen LogP contribution is 2.30. The Balaban J connectivity index is 1.41. The molecule has 150 valence electrons. The number of hydrogen-bond acceptors (Lipinski definition) is 3. The van der Waals surface area contributed by atoms with Crippen molar-refractivity contribution in [1.82, 2.24) is 4.90 Å². The number of halogens is 1. The van der Waals surface area contributed by atoms with Crippen LogP contribution in [0.2, 0.25) is 5.02 Å². The zero-order valence-electron chi connectivity index (χ0n) is 16.3. The molecule has 29 heavy (non-hydrogen) atoms. The van der Waals surface area contributed by atoms with Gasteiger partial charge in [0.2, 0.25) is 11.8 Å². The van der Waals surface area contributed by atoms with Crippen LogP contribution in [-0.4, -0.2) is 36.9 Å². The number of nitrogens with zero attached hydrogens (tertiary/aromatic N) is 1. The van der Waals surface area contributed by atoms with Crippen LogP contribution in [0.4, 0.5) is 5.69 Å². The monoisotopic (exact) mass is 410 g/mol. The second-order valence-electron chi connectivity index (χ2n) is 7.50. The molecule has 1 unspecified atom stereocenters. The Morgan fingerprint density at radius 1 is 1.17 bits per heavy atom. The average molecular weight is 411 g/mol. The summed E-state index contributed by atoms with van der Waals surface area (Å²) < 4.78 is 5.27. The van der Waals surface area contributed by atoms with E-state index >= 15 is 0 Å². The molecule has 0 saturated carbocycles. The highest BCUT2D eigenvalue weighted by molar-refractivity contribution is 6.30. The Bertz CT molecular complexity index is 969. The van der Waals surface area contributed by atoms with E-state index in [1.54, 1.807) is 31.4 Å². The van der Waals surface area contributed by atoms with Crippen molar-refractivity contribution in [2.45, 2.75) is 19.3 Å². The fourth-order valence-corrected chi connectivity index (χ4v) is 4.06. The third-order valence-corrected chi connectivity index (χ3v) is 5.78. The van der Waals surface area contributed by atoms with Crippen LogP contribution in [0.1, 0.15) is 24.0 Å². The number of nitrogens with one attached hydrogen (secondary N) is 1. The van der Waals surface area contributed by atoms with E-state index in [1.807, 2.05) is 29.2 Å². The first-order valence-electron chi connectivity index (χ1n) is 9.76. The number of rotatable bonds is 4. The second kappa shape index (κ2) is 8.29. The Morgan fingerprint density at radius 2 is 1.97 bits per heavy atom. The predicted octanol–water partition coefficient (Wildman–Crippen LogP) is 4.17. The summed E-state index contributed by atoms with van der Waals surface area (Å²) in [5, 5.41) is 3.56. The molecule has 1 aliphatic carbocycles. The molecule has 5 nitrogen and oxygen atoms in total. The predicted molar refractivity (Wildman–Crippen MR) is 114 cm³/mol. The molecule has 1 fully saturated rings. The number of fused-ring (bicyclic) bond motifs is 1. The van der Waals surface area contributed by atoms with Crippen molar-refractivity contribution in [3.63, 3.8) is 0 Å². The van der Waals surface area contributed by atoms with Gasteiger partial charge >= 0.3 is 0 Å². The number of piperidine rings is 1. The zero-order valence-corrected chi connectivity index (χ0v) is 17.0. The lowest BCUT2D eigenvalue weighted by molar-refractivity contribution is -0.131. The first-order chi connectivity index (χ1) is 14.0. The van der Waals surface area contributed by atoms with Crippen molar-refractivity contribution >= 4 is 35.2 Å². The van der Waals surface area contributed by atoms with Gasteiger partial charge in [-0.1, -0.05) is 17.7 Å². The van der Waals surface area contributed by atoms with E-state index in [2.05, 4.69) is 5.32 Å². The molecule has 0 radical (unpaired) electrons. The van der Waals surface area contributed by atoms with Gasteiger partial charge in [-0.15, -0.1) is 0 Å². The van der Waals surface area contributed by atoms with Crippen LogP contribution >= 0.6 is 11.6 Å². The number of carbonyl (C=O) groups is 2. The van der Waals surface area contributed by atoms with Crippen molar-refractivity contribution in [3.05, 3.63) is 64.2 Å². The van der Waals surface area contributed by atoms with Gasteiger partial charge in [-0.3, -0.25) is 9.59 Å². The highest BCUT2D eigenvalue weighted by Gasteiger charge is 2.31. The van der Waals surface area contributed by atoms with Gasteiger partial charge in [-0.25, -0.2) is 0 Å². The molecule has 1 aliphatic heterocycles. The van der Waals surface area contributed by atoms with Gasteiger partial charge in [0.15, 0.2) is 0 Å². The van der Waals surface area contributed by atoms with Gasteiger partial charge < -0.3 is 15.0 Å². The zero-order chi connectivity index (χ0) is 20.4. The lowest BCUT2D eigenvalue weighted by Gasteiger charge is -2.32. The highest BCUT2D eigenvalue weighted by atomic mass is 35.5. The van der Waals surface area contributed by atoms with Crippen LogP contribution in [0.25, 0.3) is 6.08 Å². The van der Waals surface area contributed by atoms with E-state index in [0.29, 0.717) is 30.2 Å². The minimum atomic E-state index is -0.215. The van der Waals surface area contributed by atoms with Crippen molar-refractivity contribution < 1.29 is 14.3 Å². The summed E-state index contributed by atoms with van der Waals surface area (Å²) in [4.78, 5) is 27.6. The molecule has 2 amide bonds. The normalized spacial score (nSPS) is 18.1. The van der Waals surface area contributed by atoms with Crippen LogP contribution in [0.5, 0.6) is 5.75 Å². The quantitative estimate of drug-likeness (QED) is 0.823. The standard InChI is InChI=1S/C23H23ClN2O3/c1-29-21-9-4-15-11-18(12-17(15)13-21)23(28)26-10-2-3-16(14-26)22(27)25-20-7-5-19(24)6-8-20/h4-9,12-13,16H,2-3,10-11,14H2,1H3,(H,25,27). The average Bonchev–Trinajstić information content (AvgIpc) is 3.18. The number of hydrogen-bond donors (Lipinski definition) is 1. The number of amides is 2. The molecule has 1 N–H and O–H groups in total. The molecule has 1 heterocycles. The van der Waals surface area contributed by atoms with Crippen LogP contribution in [0.3, 0.4) is 0 Å². The van der Waals surface area contributed by atoms with Crippen molar-refractivity contribution in [2.75, 3.05) is 25.5 Å². The van der Waals surface area contributed by atoms with E-state index in [4.69, 9.17) is 16.3 Å². The summed E-state index contributed by atoms with van der Waals surface area (Å²) in [6.07, 6.45) is 4.16. The number of methoxy groups -OCH3 is 1. The smallest absolute Gasteiger partial charge is 0.250 e. The summed E-state index contributed by atoms with van der Waals surface area (Å²) in [6.45, 7) is 1.12. The van der Waals surface area contributed by atoms with E-state index in [9.17, 15) is 9.59 Å². The second-order valence-corrected chi connectivity index (χ2v) is 7.93. The molecular formula is C23H23ClN2O3. The van der Waals surface area contributed by atoms with Crippen LogP contribution in [0, 0.1) is 5.92 Å². The Kier molecular flexibility index (Phi) is 5.58. The Hall–Kier alpha value is -2.79. The fraction of sp³-hybridized carbons (Fsp3) is 0.304. The minimum Gasteiger partial charge on any atom is -0.497 e. The lowest BCUT2D eigenvalue weighted by Crippen LogP contribution is -2.44. The largest absolute Gasteiger partial charge is 0.497 e. The molecule has 2 aromatic rings. The first kappa shape index (κ1) is 19.5. The number of ether oxygens (including phenoxy) is 1. The topological polar surface area (TPSA) is 58.6 Å². The summed E-state index contributed by atoms with van der Waals surface area (Å²) in [5.41, 5.74) is 3.64. The van der Waals surface area contributed by atoms with E-state index < -0.39 is 0 Å². The molecular weight excluding hydrogens is 388 g/mol. The Morgan fingerprint density at radius 3 is 2.72 bits per heavy atom. The minimum absolute atomic E-state index is 0.0177.